The molecule has 2 aromatic rings. The lowest BCUT2D eigenvalue weighted by Crippen LogP contribution is -2.26. The van der Waals surface area contributed by atoms with Crippen molar-refractivity contribution in [3.8, 4) is 0 Å². The van der Waals surface area contributed by atoms with Gasteiger partial charge in [-0.2, -0.15) is 0 Å². The Hall–Kier alpha value is -1.85. The molecule has 0 unspecified atom stereocenters. The lowest BCUT2D eigenvalue weighted by Gasteiger charge is -2.31. The molecule has 0 aliphatic heterocycles. The third kappa shape index (κ3) is 4.41. The summed E-state index contributed by atoms with van der Waals surface area (Å²) in [5.74, 6) is 0.138. The van der Waals surface area contributed by atoms with Crippen LogP contribution in [0.5, 0.6) is 0 Å². The number of carbonyl (C=O) groups excluding carboxylic acids is 2. The van der Waals surface area contributed by atoms with Gasteiger partial charge in [-0.25, -0.2) is 4.79 Å². The molecule has 3 rings (SSSR count). The van der Waals surface area contributed by atoms with Crippen LogP contribution in [-0.2, 0) is 9.53 Å². The minimum absolute atomic E-state index is 0.0378. The van der Waals surface area contributed by atoms with E-state index in [1.165, 1.54) is 28.7 Å². The molecule has 1 aliphatic rings. The molecule has 0 radical (unpaired) electrons. The maximum absolute atomic E-state index is 12.7. The largest absolute Gasteiger partial charge is 0.426 e. The van der Waals surface area contributed by atoms with Crippen LogP contribution in [-0.4, -0.2) is 11.8 Å². The molecule has 1 aromatic carbocycles. The zero-order chi connectivity index (χ0) is 18.0. The Labute approximate surface area is 156 Å². The molecule has 0 N–H and O–H groups in total. The highest BCUT2D eigenvalue weighted by atomic mass is 32.2. The Kier molecular flexibility index (Phi) is 5.16. The Bertz CT molecular complexity index is 815. The van der Waals surface area contributed by atoms with Gasteiger partial charge in [-0.15, -0.1) is 11.3 Å². The molecule has 0 atom stereocenters. The molecule has 1 heterocycles. The van der Waals surface area contributed by atoms with Crippen LogP contribution in [0.15, 0.2) is 57.3 Å². The van der Waals surface area contributed by atoms with E-state index < -0.39 is 5.97 Å². The number of ketones is 1. The number of benzene rings is 1. The van der Waals surface area contributed by atoms with Crippen LogP contribution in [0, 0.1) is 12.3 Å². The summed E-state index contributed by atoms with van der Waals surface area (Å²) in [4.78, 5) is 27.1. The summed E-state index contributed by atoms with van der Waals surface area (Å²) in [5, 5.41) is 1.84. The molecule has 0 saturated carbocycles. The van der Waals surface area contributed by atoms with E-state index in [1.807, 2.05) is 56.5 Å². The number of hydrogen-bond donors (Lipinski definition) is 0. The maximum atomic E-state index is 12.7. The van der Waals surface area contributed by atoms with Crippen molar-refractivity contribution in [3.63, 3.8) is 0 Å². The molecular formula is C20H20O3S2. The van der Waals surface area contributed by atoms with Crippen molar-refractivity contribution in [1.29, 1.82) is 0 Å². The second-order valence-electron chi connectivity index (χ2n) is 6.98. The highest BCUT2D eigenvalue weighted by Crippen LogP contribution is 2.43. The molecule has 0 saturated heterocycles. The predicted molar refractivity (Wildman–Crippen MR) is 102 cm³/mol. The Morgan fingerprint density at radius 1 is 1.16 bits per heavy atom. The number of ether oxygens (including phenoxy) is 1. The summed E-state index contributed by atoms with van der Waals surface area (Å²) >= 11 is 2.72. The third-order valence-electron chi connectivity index (χ3n) is 3.96. The molecule has 5 heteroatoms. The molecule has 3 nitrogen and oxygen atoms in total. The van der Waals surface area contributed by atoms with E-state index in [-0.39, 0.29) is 11.2 Å². The van der Waals surface area contributed by atoms with Gasteiger partial charge in [0.25, 0.3) is 0 Å². The molecule has 0 spiro atoms. The normalized spacial score (nSPS) is 16.8. The van der Waals surface area contributed by atoms with E-state index in [0.29, 0.717) is 28.4 Å². The lowest BCUT2D eigenvalue weighted by molar-refractivity contribution is -0.117. The fourth-order valence-corrected chi connectivity index (χ4v) is 4.25. The van der Waals surface area contributed by atoms with Crippen LogP contribution in [0.3, 0.4) is 0 Å². The molecule has 0 amide bonds. The number of thioether (sulfide) groups is 1. The maximum Gasteiger partial charge on any atom is 0.353 e. The van der Waals surface area contributed by atoms with Gasteiger partial charge in [0.15, 0.2) is 5.78 Å². The van der Waals surface area contributed by atoms with Gasteiger partial charge < -0.3 is 4.74 Å². The first-order valence-corrected chi connectivity index (χ1v) is 9.80. The summed E-state index contributed by atoms with van der Waals surface area (Å²) in [6.07, 6.45) is 1.03. The average Bonchev–Trinajstić information content (AvgIpc) is 3.06. The van der Waals surface area contributed by atoms with Gasteiger partial charge in [-0.05, 0) is 35.9 Å². The van der Waals surface area contributed by atoms with Gasteiger partial charge >= 0.3 is 5.97 Å². The predicted octanol–water partition coefficient (Wildman–Crippen LogP) is 5.61. The van der Waals surface area contributed by atoms with Crippen LogP contribution >= 0.6 is 23.1 Å². The number of rotatable bonds is 4. The standard InChI is InChI=1S/C20H20O3S2/c1-13-6-8-14(9-7-13)25-18-15(21)11-20(2,3)12-16(18)23-19(22)17-5-4-10-24-17/h4-10H,11-12H2,1-3H3. The van der Waals surface area contributed by atoms with Crippen LogP contribution in [0.25, 0.3) is 0 Å². The van der Waals surface area contributed by atoms with E-state index >= 15 is 0 Å². The van der Waals surface area contributed by atoms with E-state index in [9.17, 15) is 9.59 Å². The minimum atomic E-state index is -0.391. The first-order valence-electron chi connectivity index (χ1n) is 8.11. The molecule has 1 aliphatic carbocycles. The Morgan fingerprint density at radius 3 is 2.52 bits per heavy atom. The molecule has 0 bridgehead atoms. The van der Waals surface area contributed by atoms with Crippen LogP contribution < -0.4 is 0 Å². The van der Waals surface area contributed by atoms with Crippen molar-refractivity contribution in [1.82, 2.24) is 0 Å². The van der Waals surface area contributed by atoms with Gasteiger partial charge in [0.05, 0.1) is 4.91 Å². The van der Waals surface area contributed by atoms with E-state index in [0.717, 1.165) is 4.90 Å². The number of esters is 1. The first kappa shape index (κ1) is 18.0. The Morgan fingerprint density at radius 2 is 1.88 bits per heavy atom. The van der Waals surface area contributed by atoms with E-state index in [4.69, 9.17) is 4.74 Å². The Balaban J connectivity index is 1.91. The van der Waals surface area contributed by atoms with Gasteiger partial charge in [0.2, 0.25) is 0 Å². The monoisotopic (exact) mass is 372 g/mol. The lowest BCUT2D eigenvalue weighted by atomic mass is 9.79. The summed E-state index contributed by atoms with van der Waals surface area (Å²) < 4.78 is 5.66. The summed E-state index contributed by atoms with van der Waals surface area (Å²) in [6, 6.07) is 11.5. The van der Waals surface area contributed by atoms with Crippen LogP contribution in [0.2, 0.25) is 0 Å². The summed E-state index contributed by atoms with van der Waals surface area (Å²) in [5.41, 5.74) is 0.957. The number of hydrogen-bond acceptors (Lipinski definition) is 5. The van der Waals surface area contributed by atoms with Crippen molar-refractivity contribution < 1.29 is 14.3 Å². The van der Waals surface area contributed by atoms with Gasteiger partial charge in [-0.3, -0.25) is 4.79 Å². The van der Waals surface area contributed by atoms with Gasteiger partial charge in [0, 0.05) is 17.7 Å². The number of aryl methyl sites for hydroxylation is 1. The average molecular weight is 373 g/mol. The SMILES string of the molecule is Cc1ccc(SC2=C(OC(=O)c3cccs3)CC(C)(C)CC2=O)cc1. The van der Waals surface area contributed by atoms with Gasteiger partial charge in [-0.1, -0.05) is 49.4 Å². The number of thiophene rings is 1. The number of allylic oxidation sites excluding steroid dienone is 2. The smallest absolute Gasteiger partial charge is 0.353 e. The van der Waals surface area contributed by atoms with Gasteiger partial charge in [0.1, 0.15) is 10.6 Å². The molecule has 25 heavy (non-hydrogen) atoms. The first-order chi connectivity index (χ1) is 11.8. The van der Waals surface area contributed by atoms with Crippen molar-refractivity contribution in [2.24, 2.45) is 5.41 Å². The fourth-order valence-electron chi connectivity index (χ4n) is 2.73. The highest BCUT2D eigenvalue weighted by molar-refractivity contribution is 8.04. The molecule has 0 fully saturated rings. The minimum Gasteiger partial charge on any atom is -0.426 e. The van der Waals surface area contributed by atoms with E-state index in [1.54, 1.807) is 6.07 Å². The summed E-state index contributed by atoms with van der Waals surface area (Å²) in [7, 11) is 0. The van der Waals surface area contributed by atoms with Crippen LogP contribution in [0.1, 0.15) is 41.9 Å². The number of Topliss-reactive ketones (excluding diaryl/α,β-unsaturated/α-hetero) is 1. The third-order valence-corrected chi connectivity index (χ3v) is 5.98. The number of carbonyl (C=O) groups is 2. The van der Waals surface area contributed by atoms with E-state index in [2.05, 4.69) is 0 Å². The topological polar surface area (TPSA) is 43.4 Å². The fraction of sp³-hybridized carbons (Fsp3) is 0.300. The zero-order valence-corrected chi connectivity index (χ0v) is 16.1. The van der Waals surface area contributed by atoms with Crippen molar-refractivity contribution >= 4 is 34.9 Å². The second-order valence-corrected chi connectivity index (χ2v) is 9.01. The van der Waals surface area contributed by atoms with Crippen molar-refractivity contribution in [3.05, 3.63) is 62.9 Å². The van der Waals surface area contributed by atoms with Crippen LogP contribution in [0.4, 0.5) is 0 Å². The zero-order valence-electron chi connectivity index (χ0n) is 14.5. The van der Waals surface area contributed by atoms with Crippen molar-refractivity contribution in [2.75, 3.05) is 0 Å². The molecule has 1 aromatic heterocycles. The quantitative estimate of drug-likeness (QED) is 0.655. The van der Waals surface area contributed by atoms with Crippen molar-refractivity contribution in [2.45, 2.75) is 38.5 Å². The second kappa shape index (κ2) is 7.18. The molecular weight excluding hydrogens is 352 g/mol. The molecule has 130 valence electrons. The summed E-state index contributed by atoms with van der Waals surface area (Å²) in [6.45, 7) is 6.07. The highest BCUT2D eigenvalue weighted by Gasteiger charge is 2.35.